The molecule has 1 aliphatic heterocycles. The van der Waals surface area contributed by atoms with Crippen LogP contribution in [0, 0.1) is 5.92 Å². The molecule has 2 aromatic rings. The lowest BCUT2D eigenvalue weighted by Gasteiger charge is -2.35. The van der Waals surface area contributed by atoms with E-state index in [1.807, 2.05) is 29.2 Å². The minimum Gasteiger partial charge on any atom is -0.376 e. The Bertz CT molecular complexity index is 648. The largest absolute Gasteiger partial charge is 0.376 e. The number of ether oxygens (including phenoxy) is 1. The van der Waals surface area contributed by atoms with Crippen LogP contribution in [0.3, 0.4) is 0 Å². The third kappa shape index (κ3) is 4.70. The lowest BCUT2D eigenvalue weighted by atomic mass is 9.87. The number of aryl methyl sites for hydroxylation is 1. The van der Waals surface area contributed by atoms with E-state index in [0.29, 0.717) is 12.3 Å². The number of amides is 1. The van der Waals surface area contributed by atoms with Gasteiger partial charge in [-0.15, -0.1) is 0 Å². The van der Waals surface area contributed by atoms with Crippen molar-refractivity contribution in [1.29, 1.82) is 0 Å². The first kappa shape index (κ1) is 17.7. The van der Waals surface area contributed by atoms with Crippen molar-refractivity contribution in [3.05, 3.63) is 71.8 Å². The van der Waals surface area contributed by atoms with Gasteiger partial charge in [-0.2, -0.15) is 0 Å². The summed E-state index contributed by atoms with van der Waals surface area (Å²) in [6, 6.07) is 20.6. The standard InChI is InChI=1S/C22H27NO2/c1-25-22(19-10-6-3-7-11-19)20-14-16-23(17-15-20)21(24)13-12-18-8-4-2-5-9-18/h2-11,20,22H,12-17H2,1H3. The van der Waals surface area contributed by atoms with Gasteiger partial charge < -0.3 is 9.64 Å². The molecule has 25 heavy (non-hydrogen) atoms. The highest BCUT2D eigenvalue weighted by atomic mass is 16.5. The summed E-state index contributed by atoms with van der Waals surface area (Å²) in [5.41, 5.74) is 2.47. The van der Waals surface area contributed by atoms with Gasteiger partial charge in [-0.25, -0.2) is 0 Å². The van der Waals surface area contributed by atoms with Gasteiger partial charge in [0, 0.05) is 26.6 Å². The molecule has 0 saturated carbocycles. The molecular weight excluding hydrogens is 310 g/mol. The smallest absolute Gasteiger partial charge is 0.222 e. The summed E-state index contributed by atoms with van der Waals surface area (Å²) in [4.78, 5) is 14.5. The monoisotopic (exact) mass is 337 g/mol. The maximum absolute atomic E-state index is 12.5. The second-order valence-corrected chi connectivity index (χ2v) is 6.77. The molecule has 132 valence electrons. The number of hydrogen-bond acceptors (Lipinski definition) is 2. The van der Waals surface area contributed by atoms with Crippen LogP contribution < -0.4 is 0 Å². The molecule has 1 amide bonds. The van der Waals surface area contributed by atoms with Crippen LogP contribution in [0.1, 0.15) is 36.5 Å². The fraction of sp³-hybridized carbons (Fsp3) is 0.409. The molecule has 1 unspecified atom stereocenters. The van der Waals surface area contributed by atoms with Crippen molar-refractivity contribution < 1.29 is 9.53 Å². The van der Waals surface area contributed by atoms with E-state index in [1.165, 1.54) is 11.1 Å². The normalized spacial score (nSPS) is 16.6. The molecule has 0 radical (unpaired) electrons. The molecule has 0 aromatic heterocycles. The lowest BCUT2D eigenvalue weighted by molar-refractivity contribution is -0.133. The maximum atomic E-state index is 12.5. The summed E-state index contributed by atoms with van der Waals surface area (Å²) in [7, 11) is 1.79. The third-order valence-electron chi connectivity index (χ3n) is 5.17. The van der Waals surface area contributed by atoms with Crippen LogP contribution in [0.25, 0.3) is 0 Å². The van der Waals surface area contributed by atoms with E-state index < -0.39 is 0 Å². The zero-order chi connectivity index (χ0) is 17.5. The first-order valence-electron chi connectivity index (χ1n) is 9.17. The number of methoxy groups -OCH3 is 1. The molecule has 1 aliphatic rings. The molecule has 3 rings (SSSR count). The first-order chi connectivity index (χ1) is 12.3. The Morgan fingerprint density at radius 2 is 1.64 bits per heavy atom. The zero-order valence-corrected chi connectivity index (χ0v) is 14.9. The van der Waals surface area contributed by atoms with Crippen LogP contribution in [0.2, 0.25) is 0 Å². The van der Waals surface area contributed by atoms with Crippen molar-refractivity contribution in [1.82, 2.24) is 4.90 Å². The summed E-state index contributed by atoms with van der Waals surface area (Å²) in [5.74, 6) is 0.751. The van der Waals surface area contributed by atoms with Gasteiger partial charge in [0.25, 0.3) is 0 Å². The van der Waals surface area contributed by atoms with Gasteiger partial charge in [-0.3, -0.25) is 4.79 Å². The number of hydrogen-bond donors (Lipinski definition) is 0. The van der Waals surface area contributed by atoms with Gasteiger partial charge >= 0.3 is 0 Å². The molecule has 0 spiro atoms. The van der Waals surface area contributed by atoms with Crippen molar-refractivity contribution in [2.75, 3.05) is 20.2 Å². The van der Waals surface area contributed by atoms with E-state index >= 15 is 0 Å². The number of carbonyl (C=O) groups is 1. The average molecular weight is 337 g/mol. The predicted octanol–water partition coefficient (Wildman–Crippen LogP) is 4.25. The van der Waals surface area contributed by atoms with Crippen LogP contribution in [-0.2, 0) is 16.0 Å². The van der Waals surface area contributed by atoms with Gasteiger partial charge in [0.2, 0.25) is 5.91 Å². The van der Waals surface area contributed by atoms with Crippen LogP contribution in [0.5, 0.6) is 0 Å². The number of carbonyl (C=O) groups excluding carboxylic acids is 1. The fourth-order valence-corrected chi connectivity index (χ4v) is 3.75. The van der Waals surface area contributed by atoms with Crippen LogP contribution >= 0.6 is 0 Å². The maximum Gasteiger partial charge on any atom is 0.222 e. The van der Waals surface area contributed by atoms with Gasteiger partial charge in [-0.05, 0) is 36.3 Å². The molecule has 1 fully saturated rings. The second kappa shape index (κ2) is 8.82. The van der Waals surface area contributed by atoms with Crippen LogP contribution in [0.15, 0.2) is 60.7 Å². The van der Waals surface area contributed by atoms with Gasteiger partial charge in [-0.1, -0.05) is 60.7 Å². The highest BCUT2D eigenvalue weighted by Crippen LogP contribution is 2.33. The number of nitrogens with zero attached hydrogens (tertiary/aromatic N) is 1. The van der Waals surface area contributed by atoms with E-state index in [-0.39, 0.29) is 12.0 Å². The molecule has 0 aliphatic carbocycles. The average Bonchev–Trinajstić information content (AvgIpc) is 2.69. The molecule has 3 heteroatoms. The predicted molar refractivity (Wildman–Crippen MR) is 100 cm³/mol. The Morgan fingerprint density at radius 3 is 2.24 bits per heavy atom. The highest BCUT2D eigenvalue weighted by molar-refractivity contribution is 5.76. The Balaban J connectivity index is 1.50. The summed E-state index contributed by atoms with van der Waals surface area (Å²) in [6.45, 7) is 1.68. The highest BCUT2D eigenvalue weighted by Gasteiger charge is 2.29. The Kier molecular flexibility index (Phi) is 6.24. The van der Waals surface area contributed by atoms with Crippen molar-refractivity contribution in [2.24, 2.45) is 5.92 Å². The van der Waals surface area contributed by atoms with Gasteiger partial charge in [0.05, 0.1) is 6.10 Å². The van der Waals surface area contributed by atoms with Gasteiger partial charge in [0.1, 0.15) is 0 Å². The minimum atomic E-state index is 0.128. The van der Waals surface area contributed by atoms with Crippen LogP contribution in [0.4, 0.5) is 0 Å². The molecular formula is C22H27NO2. The fourth-order valence-electron chi connectivity index (χ4n) is 3.75. The SMILES string of the molecule is COC(c1ccccc1)C1CCN(C(=O)CCc2ccccc2)CC1. The first-order valence-corrected chi connectivity index (χ1v) is 9.17. The van der Waals surface area contributed by atoms with E-state index in [0.717, 1.165) is 32.4 Å². The minimum absolute atomic E-state index is 0.128. The molecule has 1 saturated heterocycles. The zero-order valence-electron chi connectivity index (χ0n) is 14.9. The van der Waals surface area contributed by atoms with Crippen molar-refractivity contribution >= 4 is 5.91 Å². The van der Waals surface area contributed by atoms with E-state index in [1.54, 1.807) is 7.11 Å². The van der Waals surface area contributed by atoms with E-state index in [4.69, 9.17) is 4.74 Å². The molecule has 3 nitrogen and oxygen atoms in total. The van der Waals surface area contributed by atoms with E-state index in [2.05, 4.69) is 36.4 Å². The quantitative estimate of drug-likeness (QED) is 0.789. The van der Waals surface area contributed by atoms with Crippen molar-refractivity contribution in [3.63, 3.8) is 0 Å². The van der Waals surface area contributed by atoms with Gasteiger partial charge in [0.15, 0.2) is 0 Å². The Morgan fingerprint density at radius 1 is 1.04 bits per heavy atom. The second-order valence-electron chi connectivity index (χ2n) is 6.77. The van der Waals surface area contributed by atoms with Crippen molar-refractivity contribution in [2.45, 2.75) is 31.8 Å². The number of likely N-dealkylation sites (tertiary alicyclic amines) is 1. The van der Waals surface area contributed by atoms with E-state index in [9.17, 15) is 4.79 Å². The molecule has 1 atom stereocenters. The summed E-state index contributed by atoms with van der Waals surface area (Å²) >= 11 is 0. The summed E-state index contributed by atoms with van der Waals surface area (Å²) < 4.78 is 5.77. The third-order valence-corrected chi connectivity index (χ3v) is 5.17. The molecule has 0 N–H and O–H groups in total. The number of piperidine rings is 1. The lowest BCUT2D eigenvalue weighted by Crippen LogP contribution is -2.40. The topological polar surface area (TPSA) is 29.5 Å². The van der Waals surface area contributed by atoms with Crippen molar-refractivity contribution in [3.8, 4) is 0 Å². The number of rotatable bonds is 6. The summed E-state index contributed by atoms with van der Waals surface area (Å²) in [6.07, 6.45) is 3.56. The molecule has 2 aromatic carbocycles. The Labute approximate surface area is 150 Å². The summed E-state index contributed by atoms with van der Waals surface area (Å²) in [5, 5.41) is 0. The molecule has 1 heterocycles. The Hall–Kier alpha value is -2.13. The van der Waals surface area contributed by atoms with Crippen LogP contribution in [-0.4, -0.2) is 31.0 Å². The molecule has 0 bridgehead atoms. The number of benzene rings is 2.